The Kier molecular flexibility index (Phi) is 4.65. The summed E-state index contributed by atoms with van der Waals surface area (Å²) in [6, 6.07) is 5.72. The van der Waals surface area contributed by atoms with Crippen molar-refractivity contribution in [3.05, 3.63) is 33.3 Å². The van der Waals surface area contributed by atoms with Gasteiger partial charge in [-0.3, -0.25) is 9.69 Å². The molecule has 1 N–H and O–H groups in total. The van der Waals surface area contributed by atoms with Crippen LogP contribution in [0, 0.1) is 5.92 Å². The summed E-state index contributed by atoms with van der Waals surface area (Å²) in [4.78, 5) is 12.8. The second kappa shape index (κ2) is 6.04. The summed E-state index contributed by atoms with van der Waals surface area (Å²) in [7, 11) is 0. The fourth-order valence-corrected chi connectivity index (χ4v) is 2.48. The average molecular weight is 333 g/mol. The van der Waals surface area contributed by atoms with Crippen molar-refractivity contribution in [3.63, 3.8) is 0 Å². The van der Waals surface area contributed by atoms with Crippen molar-refractivity contribution < 1.29 is 9.90 Å². The van der Waals surface area contributed by atoms with Crippen LogP contribution in [-0.4, -0.2) is 29.1 Å². The standard InChI is InChI=1S/C13H15BrClNO2/c14-11-5-10(3-4-12(11)15)7-16(8-13(17)18)6-9-1-2-9/h3-5,9H,1-2,6-8H2,(H,17,18). The number of carboxylic acids is 1. The lowest BCUT2D eigenvalue weighted by Crippen LogP contribution is -2.31. The van der Waals surface area contributed by atoms with Crippen molar-refractivity contribution in [1.29, 1.82) is 0 Å². The molecule has 1 aromatic rings. The summed E-state index contributed by atoms with van der Waals surface area (Å²) in [5.41, 5.74) is 1.08. The Morgan fingerprint density at radius 3 is 2.78 bits per heavy atom. The first-order valence-corrected chi connectivity index (χ1v) is 7.10. The van der Waals surface area contributed by atoms with E-state index in [9.17, 15) is 4.79 Å². The lowest BCUT2D eigenvalue weighted by Gasteiger charge is -2.20. The Labute approximate surface area is 120 Å². The lowest BCUT2D eigenvalue weighted by atomic mass is 10.2. The lowest BCUT2D eigenvalue weighted by molar-refractivity contribution is -0.138. The van der Waals surface area contributed by atoms with Crippen LogP contribution in [0.4, 0.5) is 0 Å². The van der Waals surface area contributed by atoms with E-state index in [2.05, 4.69) is 15.9 Å². The predicted molar refractivity (Wildman–Crippen MR) is 74.8 cm³/mol. The summed E-state index contributed by atoms with van der Waals surface area (Å²) in [5.74, 6) is -0.0937. The third kappa shape index (κ3) is 4.26. The monoisotopic (exact) mass is 331 g/mol. The van der Waals surface area contributed by atoms with Gasteiger partial charge in [-0.2, -0.15) is 0 Å². The van der Waals surface area contributed by atoms with Gasteiger partial charge in [0.2, 0.25) is 0 Å². The van der Waals surface area contributed by atoms with Crippen LogP contribution in [0.25, 0.3) is 0 Å². The zero-order valence-corrected chi connectivity index (χ0v) is 12.2. The highest BCUT2D eigenvalue weighted by Gasteiger charge is 2.25. The van der Waals surface area contributed by atoms with E-state index in [4.69, 9.17) is 16.7 Å². The molecule has 5 heteroatoms. The smallest absolute Gasteiger partial charge is 0.317 e. The number of hydrogen-bond acceptors (Lipinski definition) is 2. The topological polar surface area (TPSA) is 40.5 Å². The molecule has 0 unspecified atom stereocenters. The number of carboxylic acid groups (broad SMARTS) is 1. The van der Waals surface area contributed by atoms with Crippen LogP contribution in [0.15, 0.2) is 22.7 Å². The molecule has 0 aromatic heterocycles. The zero-order valence-electron chi connectivity index (χ0n) is 9.90. The molecule has 1 aliphatic rings. The fraction of sp³-hybridized carbons (Fsp3) is 0.462. The second-order valence-corrected chi connectivity index (χ2v) is 6.02. The molecule has 1 fully saturated rings. The molecule has 98 valence electrons. The quantitative estimate of drug-likeness (QED) is 0.868. The molecular weight excluding hydrogens is 318 g/mol. The molecule has 2 rings (SSSR count). The average Bonchev–Trinajstić information content (AvgIpc) is 3.06. The van der Waals surface area contributed by atoms with E-state index in [0.29, 0.717) is 17.5 Å². The number of halogens is 2. The van der Waals surface area contributed by atoms with Crippen LogP contribution in [0.2, 0.25) is 5.02 Å². The van der Waals surface area contributed by atoms with Crippen molar-refractivity contribution in [2.24, 2.45) is 5.92 Å². The fourth-order valence-electron chi connectivity index (χ4n) is 1.94. The molecule has 1 aliphatic carbocycles. The molecule has 1 saturated carbocycles. The third-order valence-electron chi connectivity index (χ3n) is 2.96. The summed E-state index contributed by atoms with van der Waals surface area (Å²) in [5, 5.41) is 9.59. The van der Waals surface area contributed by atoms with Crippen molar-refractivity contribution in [3.8, 4) is 0 Å². The minimum Gasteiger partial charge on any atom is -0.480 e. The van der Waals surface area contributed by atoms with E-state index in [1.54, 1.807) is 0 Å². The van der Waals surface area contributed by atoms with Gasteiger partial charge in [0, 0.05) is 17.6 Å². The molecule has 0 bridgehead atoms. The number of hydrogen-bond donors (Lipinski definition) is 1. The normalized spacial score (nSPS) is 15.1. The Balaban J connectivity index is 2.01. The highest BCUT2D eigenvalue weighted by Crippen LogP contribution is 2.30. The van der Waals surface area contributed by atoms with E-state index in [0.717, 1.165) is 16.6 Å². The second-order valence-electron chi connectivity index (χ2n) is 4.76. The number of benzene rings is 1. The van der Waals surface area contributed by atoms with Crippen LogP contribution < -0.4 is 0 Å². The van der Waals surface area contributed by atoms with Crippen molar-refractivity contribution in [2.75, 3.05) is 13.1 Å². The van der Waals surface area contributed by atoms with Crippen LogP contribution in [0.5, 0.6) is 0 Å². The molecule has 0 radical (unpaired) electrons. The summed E-state index contributed by atoms with van der Waals surface area (Å²) in [6.07, 6.45) is 2.45. The first-order valence-electron chi connectivity index (χ1n) is 5.92. The van der Waals surface area contributed by atoms with Gasteiger partial charge in [-0.05, 0) is 52.4 Å². The minimum atomic E-state index is -0.774. The molecule has 0 atom stereocenters. The zero-order chi connectivity index (χ0) is 13.1. The van der Waals surface area contributed by atoms with Gasteiger partial charge in [-0.25, -0.2) is 0 Å². The summed E-state index contributed by atoms with van der Waals surface area (Å²) in [6.45, 7) is 1.61. The molecule has 0 amide bonds. The Morgan fingerprint density at radius 2 is 2.22 bits per heavy atom. The highest BCUT2D eigenvalue weighted by molar-refractivity contribution is 9.10. The Bertz CT molecular complexity index is 449. The molecular formula is C13H15BrClNO2. The van der Waals surface area contributed by atoms with Crippen molar-refractivity contribution >= 4 is 33.5 Å². The third-order valence-corrected chi connectivity index (χ3v) is 4.18. The van der Waals surface area contributed by atoms with E-state index in [-0.39, 0.29) is 6.54 Å². The Morgan fingerprint density at radius 1 is 1.50 bits per heavy atom. The van der Waals surface area contributed by atoms with Crippen LogP contribution >= 0.6 is 27.5 Å². The van der Waals surface area contributed by atoms with E-state index in [1.165, 1.54) is 12.8 Å². The molecule has 0 saturated heterocycles. The van der Waals surface area contributed by atoms with E-state index in [1.807, 2.05) is 23.1 Å². The highest BCUT2D eigenvalue weighted by atomic mass is 79.9. The number of carbonyl (C=O) groups is 1. The number of nitrogens with zero attached hydrogens (tertiary/aromatic N) is 1. The molecule has 3 nitrogen and oxygen atoms in total. The van der Waals surface area contributed by atoms with E-state index >= 15 is 0 Å². The maximum Gasteiger partial charge on any atom is 0.317 e. The van der Waals surface area contributed by atoms with E-state index < -0.39 is 5.97 Å². The molecule has 1 aromatic carbocycles. The number of rotatable bonds is 6. The SMILES string of the molecule is O=C(O)CN(Cc1ccc(Cl)c(Br)c1)CC1CC1. The van der Waals surface area contributed by atoms with Gasteiger partial charge in [-0.1, -0.05) is 17.7 Å². The maximum absolute atomic E-state index is 10.9. The van der Waals surface area contributed by atoms with Gasteiger partial charge in [0.1, 0.15) is 0 Å². The number of aliphatic carboxylic acids is 1. The van der Waals surface area contributed by atoms with Gasteiger partial charge in [0.25, 0.3) is 0 Å². The van der Waals surface area contributed by atoms with Gasteiger partial charge >= 0.3 is 5.97 Å². The summed E-state index contributed by atoms with van der Waals surface area (Å²) < 4.78 is 0.850. The molecule has 0 aliphatic heterocycles. The van der Waals surface area contributed by atoms with Crippen LogP contribution in [0.3, 0.4) is 0 Å². The van der Waals surface area contributed by atoms with Crippen LogP contribution in [0.1, 0.15) is 18.4 Å². The molecule has 18 heavy (non-hydrogen) atoms. The van der Waals surface area contributed by atoms with Crippen molar-refractivity contribution in [2.45, 2.75) is 19.4 Å². The van der Waals surface area contributed by atoms with Gasteiger partial charge in [0.15, 0.2) is 0 Å². The Hall–Kier alpha value is -0.580. The molecule has 0 heterocycles. The first-order chi connectivity index (χ1) is 8.54. The first kappa shape index (κ1) is 13.8. The van der Waals surface area contributed by atoms with Gasteiger partial charge in [-0.15, -0.1) is 0 Å². The van der Waals surface area contributed by atoms with Gasteiger partial charge in [0.05, 0.1) is 11.6 Å². The van der Waals surface area contributed by atoms with Gasteiger partial charge < -0.3 is 5.11 Å². The van der Waals surface area contributed by atoms with Crippen LogP contribution in [-0.2, 0) is 11.3 Å². The largest absolute Gasteiger partial charge is 0.480 e. The predicted octanol–water partition coefficient (Wildman–Crippen LogP) is 3.40. The minimum absolute atomic E-state index is 0.0940. The molecule has 0 spiro atoms. The maximum atomic E-state index is 10.9. The summed E-state index contributed by atoms with van der Waals surface area (Å²) >= 11 is 9.32. The van der Waals surface area contributed by atoms with Crippen molar-refractivity contribution in [1.82, 2.24) is 4.90 Å².